The molecular weight excluding hydrogens is 254 g/mol. The van der Waals surface area contributed by atoms with Crippen LogP contribution in [0.1, 0.15) is 44.7 Å². The zero-order valence-electron chi connectivity index (χ0n) is 12.2. The molecule has 6 heteroatoms. The van der Waals surface area contributed by atoms with Gasteiger partial charge >= 0.3 is 0 Å². The summed E-state index contributed by atoms with van der Waals surface area (Å²) in [7, 11) is 2.02. The lowest BCUT2D eigenvalue weighted by molar-refractivity contribution is 0.312. The molecule has 0 saturated heterocycles. The third-order valence-corrected chi connectivity index (χ3v) is 4.27. The van der Waals surface area contributed by atoms with Gasteiger partial charge in [0.05, 0.1) is 0 Å². The van der Waals surface area contributed by atoms with Crippen LogP contribution < -0.4 is 10.6 Å². The molecule has 20 heavy (non-hydrogen) atoms. The third kappa shape index (κ3) is 3.18. The average Bonchev–Trinajstić information content (AvgIpc) is 2.53. The Hall–Kier alpha value is -1.85. The zero-order valence-corrected chi connectivity index (χ0v) is 12.2. The van der Waals surface area contributed by atoms with E-state index in [0.29, 0.717) is 17.7 Å². The van der Waals surface area contributed by atoms with Gasteiger partial charge in [-0.05, 0) is 37.7 Å². The second-order valence-corrected chi connectivity index (χ2v) is 5.42. The quantitative estimate of drug-likeness (QED) is 0.380. The first-order chi connectivity index (χ1) is 9.65. The highest BCUT2D eigenvalue weighted by molar-refractivity contribution is 5.95. The van der Waals surface area contributed by atoms with E-state index in [4.69, 9.17) is 10.9 Å². The lowest BCUT2D eigenvalue weighted by Crippen LogP contribution is -2.36. The molecule has 0 bridgehead atoms. The Kier molecular flexibility index (Phi) is 4.76. The third-order valence-electron chi connectivity index (χ3n) is 4.27. The maximum Gasteiger partial charge on any atom is 0.225 e. The molecule has 0 radical (unpaired) electrons. The molecule has 6 nitrogen and oxygen atoms in total. The predicted octanol–water partition coefficient (Wildman–Crippen LogP) is 1.98. The van der Waals surface area contributed by atoms with Crippen LogP contribution in [-0.2, 0) is 0 Å². The van der Waals surface area contributed by atoms with E-state index in [1.165, 1.54) is 32.1 Å². The minimum Gasteiger partial charge on any atom is -0.409 e. The molecule has 0 atom stereocenters. The van der Waals surface area contributed by atoms with Gasteiger partial charge < -0.3 is 15.8 Å². The van der Waals surface area contributed by atoms with Gasteiger partial charge in [0, 0.05) is 19.3 Å². The normalized spacial score (nSPS) is 23.6. The molecule has 0 aliphatic heterocycles. The summed E-state index contributed by atoms with van der Waals surface area (Å²) < 4.78 is 0. The van der Waals surface area contributed by atoms with Crippen molar-refractivity contribution in [2.75, 3.05) is 11.9 Å². The summed E-state index contributed by atoms with van der Waals surface area (Å²) in [4.78, 5) is 10.8. The van der Waals surface area contributed by atoms with Crippen molar-refractivity contribution in [3.63, 3.8) is 0 Å². The lowest BCUT2D eigenvalue weighted by Gasteiger charge is -2.34. The second-order valence-electron chi connectivity index (χ2n) is 5.42. The van der Waals surface area contributed by atoms with Crippen molar-refractivity contribution in [2.24, 2.45) is 16.8 Å². The molecule has 110 valence electrons. The Balaban J connectivity index is 2.08. The molecule has 1 fully saturated rings. The maximum absolute atomic E-state index is 8.71. The van der Waals surface area contributed by atoms with E-state index in [1.54, 1.807) is 12.3 Å². The van der Waals surface area contributed by atoms with Gasteiger partial charge in [0.25, 0.3) is 0 Å². The monoisotopic (exact) mass is 277 g/mol. The van der Waals surface area contributed by atoms with Crippen molar-refractivity contribution < 1.29 is 5.21 Å². The van der Waals surface area contributed by atoms with Crippen molar-refractivity contribution in [3.05, 3.63) is 18.0 Å². The van der Waals surface area contributed by atoms with Crippen molar-refractivity contribution in [1.29, 1.82) is 0 Å². The van der Waals surface area contributed by atoms with E-state index >= 15 is 0 Å². The first-order valence-corrected chi connectivity index (χ1v) is 7.19. The summed E-state index contributed by atoms with van der Waals surface area (Å²) in [5.41, 5.74) is 6.02. The summed E-state index contributed by atoms with van der Waals surface area (Å²) in [5, 5.41) is 11.7. The summed E-state index contributed by atoms with van der Waals surface area (Å²) in [5.74, 6) is 1.51. The molecule has 1 aliphatic rings. The fourth-order valence-electron chi connectivity index (χ4n) is 2.82. The molecule has 1 heterocycles. The Labute approximate surface area is 119 Å². The van der Waals surface area contributed by atoms with Crippen molar-refractivity contribution in [1.82, 2.24) is 9.97 Å². The van der Waals surface area contributed by atoms with Gasteiger partial charge in [0.15, 0.2) is 5.84 Å². The fraction of sp³-hybridized carbons (Fsp3) is 0.643. The fourth-order valence-corrected chi connectivity index (χ4v) is 2.82. The Morgan fingerprint density at radius 1 is 1.45 bits per heavy atom. The van der Waals surface area contributed by atoms with Crippen LogP contribution in [0.25, 0.3) is 0 Å². The van der Waals surface area contributed by atoms with Crippen LogP contribution in [0.3, 0.4) is 0 Å². The van der Waals surface area contributed by atoms with Gasteiger partial charge in [0.1, 0.15) is 5.69 Å². The summed E-state index contributed by atoms with van der Waals surface area (Å²) in [6.07, 6.45) is 7.80. The summed E-state index contributed by atoms with van der Waals surface area (Å²) in [6.45, 7) is 2.26. The van der Waals surface area contributed by atoms with E-state index in [0.717, 1.165) is 5.92 Å². The standard InChI is InChI=1S/C14H23N5O/c1-3-10-4-6-11(7-5-10)19(2)14-16-9-8-12(17-14)13(15)18-20/h8-11,20H,3-7H2,1-2H3,(H2,15,18). The first kappa shape index (κ1) is 14.6. The molecule has 2 rings (SSSR count). The number of hydrogen-bond donors (Lipinski definition) is 2. The number of anilines is 1. The molecule has 0 unspecified atom stereocenters. The Morgan fingerprint density at radius 2 is 2.15 bits per heavy atom. The maximum atomic E-state index is 8.71. The molecule has 3 N–H and O–H groups in total. The van der Waals surface area contributed by atoms with E-state index in [2.05, 4.69) is 26.9 Å². The van der Waals surface area contributed by atoms with Crippen LogP contribution in [0.5, 0.6) is 0 Å². The lowest BCUT2D eigenvalue weighted by atomic mass is 9.84. The molecule has 1 aliphatic carbocycles. The van der Waals surface area contributed by atoms with Gasteiger partial charge in [-0.25, -0.2) is 9.97 Å². The van der Waals surface area contributed by atoms with Crippen LogP contribution >= 0.6 is 0 Å². The average molecular weight is 277 g/mol. The molecule has 0 aromatic carbocycles. The van der Waals surface area contributed by atoms with Crippen LogP contribution in [0.4, 0.5) is 5.95 Å². The van der Waals surface area contributed by atoms with Gasteiger partial charge in [-0.3, -0.25) is 0 Å². The van der Waals surface area contributed by atoms with Gasteiger partial charge in [0.2, 0.25) is 5.95 Å². The van der Waals surface area contributed by atoms with E-state index < -0.39 is 0 Å². The number of hydrogen-bond acceptors (Lipinski definition) is 5. The van der Waals surface area contributed by atoms with E-state index in [9.17, 15) is 0 Å². The second kappa shape index (κ2) is 6.54. The Morgan fingerprint density at radius 3 is 2.75 bits per heavy atom. The van der Waals surface area contributed by atoms with Gasteiger partial charge in [-0.2, -0.15) is 0 Å². The zero-order chi connectivity index (χ0) is 14.5. The molecule has 0 amide bonds. The van der Waals surface area contributed by atoms with Crippen LogP contribution in [0.2, 0.25) is 0 Å². The van der Waals surface area contributed by atoms with Gasteiger partial charge in [-0.1, -0.05) is 18.5 Å². The summed E-state index contributed by atoms with van der Waals surface area (Å²) >= 11 is 0. The molecule has 1 aromatic rings. The topological polar surface area (TPSA) is 87.6 Å². The number of amidine groups is 1. The summed E-state index contributed by atoms with van der Waals surface area (Å²) in [6, 6.07) is 2.11. The van der Waals surface area contributed by atoms with E-state index in [-0.39, 0.29) is 5.84 Å². The molecule has 1 saturated carbocycles. The SMILES string of the molecule is CCC1CCC(N(C)c2nccc(/C(N)=N/O)n2)CC1. The highest BCUT2D eigenvalue weighted by atomic mass is 16.4. The minimum absolute atomic E-state index is 0.0109. The molecule has 1 aromatic heterocycles. The highest BCUT2D eigenvalue weighted by Crippen LogP contribution is 2.30. The smallest absolute Gasteiger partial charge is 0.225 e. The van der Waals surface area contributed by atoms with Crippen LogP contribution in [-0.4, -0.2) is 34.1 Å². The number of oxime groups is 1. The highest BCUT2D eigenvalue weighted by Gasteiger charge is 2.24. The van der Waals surface area contributed by atoms with Crippen LogP contribution in [0.15, 0.2) is 17.4 Å². The largest absolute Gasteiger partial charge is 0.409 e. The first-order valence-electron chi connectivity index (χ1n) is 7.19. The van der Waals surface area contributed by atoms with Crippen molar-refractivity contribution in [2.45, 2.75) is 45.1 Å². The number of nitrogens with zero attached hydrogens (tertiary/aromatic N) is 4. The predicted molar refractivity (Wildman–Crippen MR) is 79.0 cm³/mol. The molecule has 0 spiro atoms. The van der Waals surface area contributed by atoms with Crippen molar-refractivity contribution in [3.8, 4) is 0 Å². The van der Waals surface area contributed by atoms with Crippen molar-refractivity contribution >= 4 is 11.8 Å². The Bertz CT molecular complexity index is 468. The number of nitrogens with two attached hydrogens (primary N) is 1. The minimum atomic E-state index is 0.0109. The number of aromatic nitrogens is 2. The molecular formula is C14H23N5O. The van der Waals surface area contributed by atoms with Gasteiger partial charge in [-0.15, -0.1) is 0 Å². The van der Waals surface area contributed by atoms with Crippen LogP contribution in [0, 0.1) is 5.92 Å². The van der Waals surface area contributed by atoms with E-state index in [1.807, 2.05) is 7.05 Å². The number of rotatable bonds is 4.